The molecule has 1 aliphatic heterocycles. The summed E-state index contributed by atoms with van der Waals surface area (Å²) in [5.74, 6) is 0.618. The molecule has 5 nitrogen and oxygen atoms in total. The minimum absolute atomic E-state index is 0.0710. The molecule has 0 unspecified atom stereocenters. The number of rotatable bonds is 4. The van der Waals surface area contributed by atoms with Gasteiger partial charge in [0.15, 0.2) is 0 Å². The summed E-state index contributed by atoms with van der Waals surface area (Å²) in [5.41, 5.74) is 1.66. The van der Waals surface area contributed by atoms with E-state index in [9.17, 15) is 9.59 Å². The maximum Gasteiger partial charge on any atom is 0.261 e. The van der Waals surface area contributed by atoms with Gasteiger partial charge in [0.25, 0.3) is 5.56 Å². The van der Waals surface area contributed by atoms with Crippen LogP contribution in [-0.2, 0) is 11.3 Å². The molecular weight excluding hydrogens is 302 g/mol. The zero-order chi connectivity index (χ0) is 17.3. The molecule has 0 saturated carbocycles. The van der Waals surface area contributed by atoms with Crippen molar-refractivity contribution in [2.75, 3.05) is 6.54 Å². The number of carbonyl (C=O) groups excluding carboxylic acids is 1. The van der Waals surface area contributed by atoms with Gasteiger partial charge in [-0.05, 0) is 37.3 Å². The van der Waals surface area contributed by atoms with Crippen LogP contribution in [0.25, 0.3) is 10.9 Å². The Morgan fingerprint density at radius 2 is 2.17 bits per heavy atom. The fraction of sp³-hybridized carbons (Fsp3) is 0.526. The number of hydrogen-bond donors (Lipinski definition) is 0. The van der Waals surface area contributed by atoms with Crippen molar-refractivity contribution >= 4 is 16.8 Å². The summed E-state index contributed by atoms with van der Waals surface area (Å²) >= 11 is 0. The molecule has 2 aromatic rings. The van der Waals surface area contributed by atoms with Crippen molar-refractivity contribution in [3.05, 3.63) is 40.4 Å². The van der Waals surface area contributed by atoms with Gasteiger partial charge in [0.1, 0.15) is 0 Å². The predicted molar refractivity (Wildman–Crippen MR) is 94.9 cm³/mol. The van der Waals surface area contributed by atoms with Crippen LogP contribution in [0.15, 0.2) is 29.3 Å². The van der Waals surface area contributed by atoms with Gasteiger partial charge in [0, 0.05) is 25.6 Å². The molecule has 0 aliphatic carbocycles. The second-order valence-corrected chi connectivity index (χ2v) is 7.00. The molecule has 2 heterocycles. The van der Waals surface area contributed by atoms with E-state index in [0.29, 0.717) is 30.3 Å². The number of aromatic nitrogens is 2. The van der Waals surface area contributed by atoms with E-state index in [-0.39, 0.29) is 11.5 Å². The highest BCUT2D eigenvalue weighted by atomic mass is 16.2. The normalized spacial score (nSPS) is 17.8. The SMILES string of the molecule is Cc1cccc2c(=O)n(CCC(=O)N3CCC[C@H]3C(C)C)cnc12. The Morgan fingerprint density at radius 3 is 2.92 bits per heavy atom. The van der Waals surface area contributed by atoms with Gasteiger partial charge in [-0.2, -0.15) is 0 Å². The number of likely N-dealkylation sites (tertiary alicyclic amines) is 1. The molecule has 5 heteroatoms. The molecule has 24 heavy (non-hydrogen) atoms. The first kappa shape index (κ1) is 16.7. The Balaban J connectivity index is 1.75. The van der Waals surface area contributed by atoms with Crippen molar-refractivity contribution in [3.63, 3.8) is 0 Å². The van der Waals surface area contributed by atoms with Gasteiger partial charge >= 0.3 is 0 Å². The summed E-state index contributed by atoms with van der Waals surface area (Å²) in [7, 11) is 0. The van der Waals surface area contributed by atoms with Crippen LogP contribution in [0, 0.1) is 12.8 Å². The van der Waals surface area contributed by atoms with Crippen molar-refractivity contribution in [2.45, 2.75) is 52.6 Å². The van der Waals surface area contributed by atoms with E-state index >= 15 is 0 Å². The van der Waals surface area contributed by atoms with Crippen molar-refractivity contribution in [1.82, 2.24) is 14.5 Å². The minimum atomic E-state index is -0.0710. The molecule has 3 rings (SSSR count). The lowest BCUT2D eigenvalue weighted by Crippen LogP contribution is -2.39. The van der Waals surface area contributed by atoms with Gasteiger partial charge in [-0.15, -0.1) is 0 Å². The van der Waals surface area contributed by atoms with Crippen molar-refractivity contribution in [1.29, 1.82) is 0 Å². The van der Waals surface area contributed by atoms with Crippen LogP contribution >= 0.6 is 0 Å². The first-order chi connectivity index (χ1) is 11.5. The molecule has 0 radical (unpaired) electrons. The molecular formula is C19H25N3O2. The van der Waals surface area contributed by atoms with Crippen LogP contribution < -0.4 is 5.56 Å². The number of benzene rings is 1. The van der Waals surface area contributed by atoms with Crippen molar-refractivity contribution in [3.8, 4) is 0 Å². The van der Waals surface area contributed by atoms with E-state index in [4.69, 9.17) is 0 Å². The fourth-order valence-corrected chi connectivity index (χ4v) is 3.65. The minimum Gasteiger partial charge on any atom is -0.339 e. The lowest BCUT2D eigenvalue weighted by Gasteiger charge is -2.27. The topological polar surface area (TPSA) is 55.2 Å². The number of hydrogen-bond acceptors (Lipinski definition) is 3. The summed E-state index contributed by atoms with van der Waals surface area (Å²) < 4.78 is 1.56. The molecule has 0 spiro atoms. The molecule has 1 fully saturated rings. The predicted octanol–water partition coefficient (Wildman–Crippen LogP) is 2.74. The van der Waals surface area contributed by atoms with Gasteiger partial charge in [0.05, 0.1) is 17.2 Å². The molecule has 1 aromatic carbocycles. The maximum atomic E-state index is 12.6. The zero-order valence-electron chi connectivity index (χ0n) is 14.7. The van der Waals surface area contributed by atoms with E-state index in [0.717, 1.165) is 30.5 Å². The second kappa shape index (κ2) is 6.75. The van der Waals surface area contributed by atoms with Crippen molar-refractivity contribution in [2.24, 2.45) is 5.92 Å². The number of amides is 1. The molecule has 0 bridgehead atoms. The van der Waals surface area contributed by atoms with E-state index in [1.807, 2.05) is 24.0 Å². The smallest absolute Gasteiger partial charge is 0.261 e. The number of carbonyl (C=O) groups is 1. The standard InChI is InChI=1S/C19H25N3O2/c1-13(2)16-8-5-10-22(16)17(23)9-11-21-12-20-18-14(3)6-4-7-15(18)19(21)24/h4,6-7,12-13,16H,5,8-11H2,1-3H3/t16-/m0/s1. The Hall–Kier alpha value is -2.17. The van der Waals surface area contributed by atoms with E-state index in [2.05, 4.69) is 18.8 Å². The van der Waals surface area contributed by atoms with Crippen LogP contribution in [0.3, 0.4) is 0 Å². The van der Waals surface area contributed by atoms with E-state index < -0.39 is 0 Å². The number of nitrogens with zero attached hydrogens (tertiary/aromatic N) is 3. The van der Waals surface area contributed by atoms with E-state index in [1.54, 1.807) is 17.0 Å². The quantitative estimate of drug-likeness (QED) is 0.867. The second-order valence-electron chi connectivity index (χ2n) is 7.00. The highest BCUT2D eigenvalue weighted by Gasteiger charge is 2.30. The Labute approximate surface area is 142 Å². The molecule has 0 N–H and O–H groups in total. The Bertz CT molecular complexity index is 810. The van der Waals surface area contributed by atoms with Crippen LogP contribution in [0.2, 0.25) is 0 Å². The average molecular weight is 327 g/mol. The van der Waals surface area contributed by atoms with Gasteiger partial charge < -0.3 is 4.90 Å². The van der Waals surface area contributed by atoms with Gasteiger partial charge in [-0.25, -0.2) is 4.98 Å². The van der Waals surface area contributed by atoms with Crippen LogP contribution in [0.4, 0.5) is 0 Å². The van der Waals surface area contributed by atoms with Crippen LogP contribution in [-0.4, -0.2) is 32.9 Å². The highest BCUT2D eigenvalue weighted by molar-refractivity contribution is 5.80. The largest absolute Gasteiger partial charge is 0.339 e. The summed E-state index contributed by atoms with van der Waals surface area (Å²) in [5, 5.41) is 0.617. The monoisotopic (exact) mass is 327 g/mol. The molecule has 1 aromatic heterocycles. The summed E-state index contributed by atoms with van der Waals surface area (Å²) in [6, 6.07) is 5.95. The highest BCUT2D eigenvalue weighted by Crippen LogP contribution is 2.24. The third-order valence-corrected chi connectivity index (χ3v) is 5.01. The van der Waals surface area contributed by atoms with E-state index in [1.165, 1.54) is 0 Å². The third kappa shape index (κ3) is 3.07. The third-order valence-electron chi connectivity index (χ3n) is 5.01. The first-order valence-corrected chi connectivity index (χ1v) is 8.73. The Morgan fingerprint density at radius 1 is 1.38 bits per heavy atom. The zero-order valence-corrected chi connectivity index (χ0v) is 14.7. The molecule has 128 valence electrons. The number of aryl methyl sites for hydroxylation is 2. The van der Waals surface area contributed by atoms with Gasteiger partial charge in [-0.1, -0.05) is 26.0 Å². The lowest BCUT2D eigenvalue weighted by molar-refractivity contribution is -0.133. The molecule has 1 atom stereocenters. The first-order valence-electron chi connectivity index (χ1n) is 8.73. The lowest BCUT2D eigenvalue weighted by atomic mass is 10.0. The van der Waals surface area contributed by atoms with Crippen molar-refractivity contribution < 1.29 is 4.79 Å². The Kier molecular flexibility index (Phi) is 4.69. The summed E-state index contributed by atoms with van der Waals surface area (Å²) in [6.45, 7) is 7.50. The fourth-order valence-electron chi connectivity index (χ4n) is 3.65. The summed E-state index contributed by atoms with van der Waals surface area (Å²) in [6.07, 6.45) is 4.07. The summed E-state index contributed by atoms with van der Waals surface area (Å²) in [4.78, 5) is 31.5. The van der Waals surface area contributed by atoms with Gasteiger partial charge in [0.2, 0.25) is 5.91 Å². The van der Waals surface area contributed by atoms with Gasteiger partial charge in [-0.3, -0.25) is 14.2 Å². The number of fused-ring (bicyclic) bond motifs is 1. The van der Waals surface area contributed by atoms with Crippen LogP contribution in [0.5, 0.6) is 0 Å². The molecule has 1 aliphatic rings. The average Bonchev–Trinajstić information content (AvgIpc) is 3.05. The maximum absolute atomic E-state index is 12.6. The molecule has 1 amide bonds. The number of para-hydroxylation sites is 1. The van der Waals surface area contributed by atoms with Crippen LogP contribution in [0.1, 0.15) is 38.7 Å². The molecule has 1 saturated heterocycles.